The van der Waals surface area contributed by atoms with Crippen molar-refractivity contribution in [3.05, 3.63) is 43.8 Å². The molecule has 0 bridgehead atoms. The molecule has 2 heteroatoms. The standard InChI is InChI=1S/C7H9F.C2H7N/c1-3-7(2)5-4-6-8;1-3-2/h3-6H,1H2,2H3;1,3H2,2H3/b6-4+,7-5-;. The Hall–Kier alpha value is -0.890. The third-order valence-corrected chi connectivity index (χ3v) is 0.754. The summed E-state index contributed by atoms with van der Waals surface area (Å²) in [6.45, 7) is 5.34. The zero-order chi connectivity index (χ0) is 9.11. The number of nitrogens with two attached hydrogens (primary N) is 1. The zero-order valence-corrected chi connectivity index (χ0v) is 7.18. The molecule has 64 valence electrons. The van der Waals surface area contributed by atoms with Crippen LogP contribution in [0, 0.1) is 7.05 Å². The highest BCUT2D eigenvalue weighted by atomic mass is 19.1. The molecule has 11 heavy (non-hydrogen) atoms. The third kappa shape index (κ3) is 17.6. The Bertz CT molecular complexity index is 136. The van der Waals surface area contributed by atoms with Crippen LogP contribution in [0.5, 0.6) is 0 Å². The van der Waals surface area contributed by atoms with Crippen molar-refractivity contribution < 1.29 is 9.71 Å². The molecule has 0 aromatic rings. The second kappa shape index (κ2) is 11.9. The van der Waals surface area contributed by atoms with Crippen molar-refractivity contribution in [3.63, 3.8) is 0 Å². The number of hydrogen-bond donors (Lipinski definition) is 1. The third-order valence-electron chi connectivity index (χ3n) is 0.754. The first-order valence-corrected chi connectivity index (χ1v) is 3.36. The fourth-order valence-electron chi connectivity index (χ4n) is 0.256. The van der Waals surface area contributed by atoms with Crippen LogP contribution in [0.15, 0.2) is 36.7 Å². The van der Waals surface area contributed by atoms with Crippen LogP contribution in [0.2, 0.25) is 0 Å². The maximum absolute atomic E-state index is 11.2. The van der Waals surface area contributed by atoms with Crippen LogP contribution in [0.3, 0.4) is 0 Å². The number of rotatable bonds is 2. The summed E-state index contributed by atoms with van der Waals surface area (Å²) in [5, 5.41) is 1.75. The molecule has 0 aromatic heterocycles. The lowest BCUT2D eigenvalue weighted by Gasteiger charge is -1.80. The van der Waals surface area contributed by atoms with Gasteiger partial charge in [0.05, 0.1) is 6.33 Å². The van der Waals surface area contributed by atoms with E-state index in [-0.39, 0.29) is 0 Å². The van der Waals surface area contributed by atoms with E-state index in [1.165, 1.54) is 6.08 Å². The van der Waals surface area contributed by atoms with Gasteiger partial charge in [0.1, 0.15) is 0 Å². The van der Waals surface area contributed by atoms with Gasteiger partial charge in [-0.25, -0.2) is 4.39 Å². The van der Waals surface area contributed by atoms with E-state index in [1.807, 2.05) is 14.0 Å². The summed E-state index contributed by atoms with van der Waals surface area (Å²) < 4.78 is 11.2. The highest BCUT2D eigenvalue weighted by Gasteiger charge is 1.71. The molecule has 0 aromatic carbocycles. The van der Waals surface area contributed by atoms with Gasteiger partial charge in [0, 0.05) is 7.05 Å². The quantitative estimate of drug-likeness (QED) is 0.463. The molecular formula is C9H16FN. The van der Waals surface area contributed by atoms with Gasteiger partial charge in [-0.1, -0.05) is 24.3 Å². The lowest BCUT2D eigenvalue weighted by atomic mass is 10.3. The molecule has 0 saturated heterocycles. The zero-order valence-electron chi connectivity index (χ0n) is 7.18. The highest BCUT2D eigenvalue weighted by molar-refractivity contribution is 5.18. The Morgan fingerprint density at radius 2 is 2.09 bits per heavy atom. The minimum absolute atomic E-state index is 0.493. The Balaban J connectivity index is 0. The lowest BCUT2D eigenvalue weighted by molar-refractivity contribution is -0.564. The summed E-state index contributed by atoms with van der Waals surface area (Å²) in [4.78, 5) is 0. The molecule has 0 aliphatic heterocycles. The van der Waals surface area contributed by atoms with Crippen LogP contribution in [-0.2, 0) is 0 Å². The molecule has 0 heterocycles. The Morgan fingerprint density at radius 1 is 1.64 bits per heavy atom. The average Bonchev–Trinajstić information content (AvgIpc) is 2.02. The van der Waals surface area contributed by atoms with Crippen molar-refractivity contribution in [2.75, 3.05) is 7.05 Å². The summed E-state index contributed by atoms with van der Waals surface area (Å²) in [5.74, 6) is 0. The first-order chi connectivity index (χ1) is 5.22. The molecule has 0 atom stereocenters. The van der Waals surface area contributed by atoms with Gasteiger partial charge >= 0.3 is 0 Å². The number of hydrogen-bond acceptors (Lipinski definition) is 0. The Morgan fingerprint density at radius 3 is 2.36 bits per heavy atom. The number of halogens is 1. The number of allylic oxidation sites excluding steroid dienone is 4. The molecule has 0 aliphatic rings. The monoisotopic (exact) mass is 157 g/mol. The lowest BCUT2D eigenvalue weighted by Crippen LogP contribution is -2.71. The molecule has 0 saturated carbocycles. The van der Waals surface area contributed by atoms with Crippen molar-refractivity contribution >= 4 is 0 Å². The fourth-order valence-corrected chi connectivity index (χ4v) is 0.256. The molecule has 0 unspecified atom stereocenters. The summed E-state index contributed by atoms with van der Waals surface area (Å²) in [7, 11) is 5.25. The molecule has 2 N–H and O–H groups in total. The van der Waals surface area contributed by atoms with Crippen LogP contribution in [0.25, 0.3) is 0 Å². The SMILES string of the molecule is C=C/C(C)=C\C=C\F.[CH2-][NH2+]C. The summed E-state index contributed by atoms with van der Waals surface area (Å²) in [5.41, 5.74) is 0.957. The van der Waals surface area contributed by atoms with E-state index >= 15 is 0 Å². The molecule has 1 nitrogen and oxygen atoms in total. The summed E-state index contributed by atoms with van der Waals surface area (Å²) >= 11 is 0. The van der Waals surface area contributed by atoms with Crippen LogP contribution < -0.4 is 5.32 Å². The fraction of sp³-hybridized carbons (Fsp3) is 0.222. The van der Waals surface area contributed by atoms with E-state index in [4.69, 9.17) is 0 Å². The Labute approximate surface area is 68.3 Å². The molecule has 0 rings (SSSR count). The predicted octanol–water partition coefficient (Wildman–Crippen LogP) is 1.57. The van der Waals surface area contributed by atoms with Gasteiger partial charge in [-0.3, -0.25) is 0 Å². The van der Waals surface area contributed by atoms with Crippen LogP contribution in [0.1, 0.15) is 6.92 Å². The second-order valence-corrected chi connectivity index (χ2v) is 1.84. The van der Waals surface area contributed by atoms with E-state index in [0.717, 1.165) is 5.57 Å². The maximum Gasteiger partial charge on any atom is 0.0867 e. The molecular weight excluding hydrogens is 141 g/mol. The topological polar surface area (TPSA) is 16.6 Å². The Kier molecular flexibility index (Phi) is 13.7. The second-order valence-electron chi connectivity index (χ2n) is 1.84. The van der Waals surface area contributed by atoms with Crippen molar-refractivity contribution in [2.24, 2.45) is 0 Å². The first kappa shape index (κ1) is 12.8. The average molecular weight is 157 g/mol. The van der Waals surface area contributed by atoms with Crippen molar-refractivity contribution in [1.29, 1.82) is 0 Å². The van der Waals surface area contributed by atoms with E-state index in [9.17, 15) is 4.39 Å². The van der Waals surface area contributed by atoms with Crippen molar-refractivity contribution in [3.8, 4) is 0 Å². The van der Waals surface area contributed by atoms with Gasteiger partial charge in [0.25, 0.3) is 0 Å². The van der Waals surface area contributed by atoms with Crippen molar-refractivity contribution in [1.82, 2.24) is 0 Å². The summed E-state index contributed by atoms with van der Waals surface area (Å²) in [6.07, 6.45) is 5.14. The van der Waals surface area contributed by atoms with Gasteiger partial charge < -0.3 is 5.32 Å². The smallest absolute Gasteiger partial charge is 0.0867 e. The van der Waals surface area contributed by atoms with Gasteiger partial charge in [-0.2, -0.15) is 7.05 Å². The van der Waals surface area contributed by atoms with Gasteiger partial charge in [-0.15, -0.1) is 0 Å². The summed E-state index contributed by atoms with van der Waals surface area (Å²) in [6, 6.07) is 0. The van der Waals surface area contributed by atoms with E-state index in [0.29, 0.717) is 6.33 Å². The van der Waals surface area contributed by atoms with Crippen molar-refractivity contribution in [2.45, 2.75) is 6.92 Å². The molecule has 0 radical (unpaired) electrons. The van der Waals surface area contributed by atoms with Crippen LogP contribution >= 0.6 is 0 Å². The van der Waals surface area contributed by atoms with Crippen LogP contribution in [-0.4, -0.2) is 7.05 Å². The largest absolute Gasteiger partial charge is 0.481 e. The van der Waals surface area contributed by atoms with E-state index in [2.05, 4.69) is 13.6 Å². The van der Waals surface area contributed by atoms with Gasteiger partial charge in [-0.05, 0) is 13.0 Å². The van der Waals surface area contributed by atoms with Gasteiger partial charge in [0.15, 0.2) is 0 Å². The predicted molar refractivity (Wildman–Crippen MR) is 47.4 cm³/mol. The number of quaternary nitrogens is 1. The minimum Gasteiger partial charge on any atom is -0.481 e. The molecule has 0 spiro atoms. The highest BCUT2D eigenvalue weighted by Crippen LogP contribution is 1.91. The van der Waals surface area contributed by atoms with Crippen LogP contribution in [0.4, 0.5) is 4.39 Å². The molecule has 0 amide bonds. The molecule has 0 aliphatic carbocycles. The van der Waals surface area contributed by atoms with E-state index < -0.39 is 0 Å². The molecule has 0 fully saturated rings. The van der Waals surface area contributed by atoms with Gasteiger partial charge in [0.2, 0.25) is 0 Å². The maximum atomic E-state index is 11.2. The first-order valence-electron chi connectivity index (χ1n) is 3.36. The normalized spacial score (nSPS) is 10.7. The van der Waals surface area contributed by atoms with E-state index in [1.54, 1.807) is 17.5 Å². The minimum atomic E-state index is 0.493.